The van der Waals surface area contributed by atoms with Gasteiger partial charge in [0.2, 0.25) is 0 Å². The van der Waals surface area contributed by atoms with E-state index in [0.717, 1.165) is 12.0 Å². The number of phenolic OH excluding ortho intramolecular Hbond substituents is 1. The van der Waals surface area contributed by atoms with E-state index in [1.54, 1.807) is 13.2 Å². The zero-order valence-corrected chi connectivity index (χ0v) is 9.95. The van der Waals surface area contributed by atoms with Gasteiger partial charge in [0.15, 0.2) is 11.5 Å². The Bertz CT molecular complexity index is 318. The smallest absolute Gasteiger partial charge is 0.160 e. The lowest BCUT2D eigenvalue weighted by Gasteiger charge is -2.15. The van der Waals surface area contributed by atoms with Gasteiger partial charge >= 0.3 is 0 Å². The van der Waals surface area contributed by atoms with Crippen molar-refractivity contribution >= 4 is 0 Å². The minimum absolute atomic E-state index is 0.228. The number of benzene rings is 1. The van der Waals surface area contributed by atoms with Crippen LogP contribution in [0.25, 0.3) is 0 Å². The standard InChI is InChI=1S/C13H20O2/c1-9(2)10(3)7-11-5-6-13(15-4)12(14)8-11/h5-6,8-10,14H,7H2,1-4H3. The SMILES string of the molecule is COc1ccc(CC(C)C(C)C)cc1O. The summed E-state index contributed by atoms with van der Waals surface area (Å²) in [7, 11) is 1.56. The average molecular weight is 208 g/mol. The van der Waals surface area contributed by atoms with Crippen molar-refractivity contribution in [3.05, 3.63) is 23.8 Å². The molecule has 0 spiro atoms. The van der Waals surface area contributed by atoms with Crippen molar-refractivity contribution in [2.24, 2.45) is 11.8 Å². The third kappa shape index (κ3) is 3.15. The fourth-order valence-electron chi connectivity index (χ4n) is 1.47. The van der Waals surface area contributed by atoms with Crippen molar-refractivity contribution in [1.82, 2.24) is 0 Å². The van der Waals surface area contributed by atoms with Gasteiger partial charge in [-0.3, -0.25) is 0 Å². The number of phenols is 1. The second-order valence-corrected chi connectivity index (χ2v) is 4.43. The number of ether oxygens (including phenoxy) is 1. The van der Waals surface area contributed by atoms with E-state index in [1.165, 1.54) is 0 Å². The fourth-order valence-corrected chi connectivity index (χ4v) is 1.47. The molecule has 0 aliphatic rings. The topological polar surface area (TPSA) is 29.5 Å². The Morgan fingerprint density at radius 1 is 1.27 bits per heavy atom. The predicted octanol–water partition coefficient (Wildman–Crippen LogP) is 3.24. The van der Waals surface area contributed by atoms with Crippen LogP contribution in [0.15, 0.2) is 18.2 Å². The molecule has 1 rings (SSSR count). The highest BCUT2D eigenvalue weighted by Gasteiger charge is 2.09. The Hall–Kier alpha value is -1.18. The molecule has 1 N–H and O–H groups in total. The normalized spacial score (nSPS) is 12.9. The number of hydrogen-bond acceptors (Lipinski definition) is 2. The van der Waals surface area contributed by atoms with E-state index in [9.17, 15) is 5.11 Å². The molecule has 15 heavy (non-hydrogen) atoms. The lowest BCUT2D eigenvalue weighted by Crippen LogP contribution is -2.07. The maximum absolute atomic E-state index is 9.62. The second-order valence-electron chi connectivity index (χ2n) is 4.43. The molecule has 2 heteroatoms. The Morgan fingerprint density at radius 3 is 2.40 bits per heavy atom. The maximum Gasteiger partial charge on any atom is 0.160 e. The van der Waals surface area contributed by atoms with Gasteiger partial charge in [-0.1, -0.05) is 26.8 Å². The maximum atomic E-state index is 9.62. The van der Waals surface area contributed by atoms with Crippen molar-refractivity contribution in [2.45, 2.75) is 27.2 Å². The van der Waals surface area contributed by atoms with Gasteiger partial charge in [-0.15, -0.1) is 0 Å². The van der Waals surface area contributed by atoms with Crippen LogP contribution in [0, 0.1) is 11.8 Å². The van der Waals surface area contributed by atoms with Crippen molar-refractivity contribution in [3.63, 3.8) is 0 Å². The van der Waals surface area contributed by atoms with Gasteiger partial charge in [0.1, 0.15) is 0 Å². The Morgan fingerprint density at radius 2 is 1.93 bits per heavy atom. The number of hydrogen-bond donors (Lipinski definition) is 1. The first-order valence-electron chi connectivity index (χ1n) is 5.40. The highest BCUT2D eigenvalue weighted by molar-refractivity contribution is 5.41. The largest absolute Gasteiger partial charge is 0.504 e. The lowest BCUT2D eigenvalue weighted by atomic mass is 9.91. The van der Waals surface area contributed by atoms with Crippen LogP contribution in [0.3, 0.4) is 0 Å². The van der Waals surface area contributed by atoms with Crippen molar-refractivity contribution in [2.75, 3.05) is 7.11 Å². The summed E-state index contributed by atoms with van der Waals surface area (Å²) in [6.45, 7) is 6.66. The summed E-state index contributed by atoms with van der Waals surface area (Å²) in [4.78, 5) is 0. The van der Waals surface area contributed by atoms with Crippen LogP contribution in [0.5, 0.6) is 11.5 Å². The Kier molecular flexibility index (Phi) is 4.01. The first-order chi connectivity index (χ1) is 7.04. The molecular formula is C13H20O2. The lowest BCUT2D eigenvalue weighted by molar-refractivity contribution is 0.371. The van der Waals surface area contributed by atoms with Crippen LogP contribution in [-0.4, -0.2) is 12.2 Å². The van der Waals surface area contributed by atoms with E-state index in [2.05, 4.69) is 20.8 Å². The predicted molar refractivity (Wildman–Crippen MR) is 62.4 cm³/mol. The van der Waals surface area contributed by atoms with E-state index in [1.807, 2.05) is 12.1 Å². The molecule has 1 atom stereocenters. The molecule has 0 fully saturated rings. The summed E-state index contributed by atoms with van der Waals surface area (Å²) in [5, 5.41) is 9.62. The van der Waals surface area contributed by atoms with Gasteiger partial charge in [0.25, 0.3) is 0 Å². The van der Waals surface area contributed by atoms with Gasteiger partial charge in [-0.2, -0.15) is 0 Å². The van der Waals surface area contributed by atoms with E-state index in [0.29, 0.717) is 17.6 Å². The summed E-state index contributed by atoms with van der Waals surface area (Å²) in [5.41, 5.74) is 1.16. The molecule has 0 saturated carbocycles. The van der Waals surface area contributed by atoms with Gasteiger partial charge in [-0.25, -0.2) is 0 Å². The van der Waals surface area contributed by atoms with E-state index < -0.39 is 0 Å². The first-order valence-corrected chi connectivity index (χ1v) is 5.40. The minimum Gasteiger partial charge on any atom is -0.504 e. The summed E-state index contributed by atoms with van der Waals surface area (Å²) in [6.07, 6.45) is 0.995. The van der Waals surface area contributed by atoms with Gasteiger partial charge in [-0.05, 0) is 36.0 Å². The second kappa shape index (κ2) is 5.06. The molecule has 1 aromatic carbocycles. The highest BCUT2D eigenvalue weighted by Crippen LogP contribution is 2.28. The number of aromatic hydroxyl groups is 1. The zero-order chi connectivity index (χ0) is 11.4. The van der Waals surface area contributed by atoms with Crippen LogP contribution >= 0.6 is 0 Å². The molecule has 2 nitrogen and oxygen atoms in total. The Balaban J connectivity index is 2.75. The summed E-state index contributed by atoms with van der Waals surface area (Å²) < 4.78 is 5.00. The molecule has 0 amide bonds. The molecule has 0 aromatic heterocycles. The summed E-state index contributed by atoms with van der Waals surface area (Å²) in [6, 6.07) is 5.62. The van der Waals surface area contributed by atoms with Gasteiger partial charge in [0.05, 0.1) is 7.11 Å². The number of methoxy groups -OCH3 is 1. The molecule has 0 bridgehead atoms. The minimum atomic E-state index is 0.228. The Labute approximate surface area is 91.9 Å². The molecule has 0 heterocycles. The zero-order valence-electron chi connectivity index (χ0n) is 9.95. The van der Waals surface area contributed by atoms with Crippen molar-refractivity contribution in [3.8, 4) is 11.5 Å². The van der Waals surface area contributed by atoms with Crippen LogP contribution in [0.4, 0.5) is 0 Å². The highest BCUT2D eigenvalue weighted by atomic mass is 16.5. The third-order valence-corrected chi connectivity index (χ3v) is 2.94. The molecule has 0 saturated heterocycles. The van der Waals surface area contributed by atoms with E-state index in [4.69, 9.17) is 4.74 Å². The van der Waals surface area contributed by atoms with Crippen LogP contribution in [-0.2, 0) is 6.42 Å². The van der Waals surface area contributed by atoms with Crippen molar-refractivity contribution in [1.29, 1.82) is 0 Å². The van der Waals surface area contributed by atoms with E-state index >= 15 is 0 Å². The summed E-state index contributed by atoms with van der Waals surface area (Å²) >= 11 is 0. The van der Waals surface area contributed by atoms with Gasteiger partial charge < -0.3 is 9.84 Å². The van der Waals surface area contributed by atoms with Crippen LogP contribution in [0.1, 0.15) is 26.3 Å². The van der Waals surface area contributed by atoms with Crippen LogP contribution < -0.4 is 4.74 Å². The first kappa shape index (κ1) is 11.9. The fraction of sp³-hybridized carbons (Fsp3) is 0.538. The molecule has 0 aliphatic carbocycles. The number of rotatable bonds is 4. The van der Waals surface area contributed by atoms with Crippen LogP contribution in [0.2, 0.25) is 0 Å². The average Bonchev–Trinajstić information content (AvgIpc) is 2.18. The molecule has 0 aliphatic heterocycles. The summed E-state index contributed by atoms with van der Waals surface area (Å²) in [5.74, 6) is 2.05. The van der Waals surface area contributed by atoms with Crippen molar-refractivity contribution < 1.29 is 9.84 Å². The molecule has 84 valence electrons. The molecule has 0 radical (unpaired) electrons. The molecular weight excluding hydrogens is 188 g/mol. The quantitative estimate of drug-likeness (QED) is 0.823. The molecule has 1 aromatic rings. The third-order valence-electron chi connectivity index (χ3n) is 2.94. The van der Waals surface area contributed by atoms with Gasteiger partial charge in [0, 0.05) is 0 Å². The molecule has 1 unspecified atom stereocenters. The monoisotopic (exact) mass is 208 g/mol. The van der Waals surface area contributed by atoms with E-state index in [-0.39, 0.29) is 5.75 Å².